The first kappa shape index (κ1) is 97.1. The largest absolute Gasteiger partial charge is 0.472 e. The number of phosphoric ester groups is 2. The lowest BCUT2D eigenvalue weighted by Gasteiger charge is -2.21. The van der Waals surface area contributed by atoms with Gasteiger partial charge < -0.3 is 33.8 Å². The van der Waals surface area contributed by atoms with Gasteiger partial charge in [-0.15, -0.1) is 0 Å². The number of carbonyl (C=O) groups is 4. The summed E-state index contributed by atoms with van der Waals surface area (Å²) in [4.78, 5) is 72.9. The van der Waals surface area contributed by atoms with Crippen LogP contribution in [-0.4, -0.2) is 96.7 Å². The highest BCUT2D eigenvalue weighted by molar-refractivity contribution is 7.47. The first-order valence-electron chi connectivity index (χ1n) is 41.7. The van der Waals surface area contributed by atoms with Crippen molar-refractivity contribution in [1.82, 2.24) is 0 Å². The number of ether oxygens (including phenoxy) is 4. The van der Waals surface area contributed by atoms with Crippen molar-refractivity contribution in [3.63, 3.8) is 0 Å². The Morgan fingerprint density at radius 2 is 0.485 bits per heavy atom. The van der Waals surface area contributed by atoms with Gasteiger partial charge in [0.2, 0.25) is 0 Å². The molecule has 0 spiro atoms. The standard InChI is InChI=1S/C80H156O17P2/c1-6-10-13-16-19-22-24-26-28-29-30-31-32-33-34-36-38-40-45-50-55-60-65-79(84)97-76(70-91-78(83)64-59-54-49-44-39-37-35-27-25-23-20-17-14-11-7-2)72-95-99(88,89)93-68-74(81)67-92-98(86,87)94-71-75(69-90-77(82)63-58-53-48-21-18-15-12-8-3)96-80(85)66-61-56-51-46-42-41-43-47-52-57-62-73(5)9-4/h73-76,81H,6-72H2,1-5H3,(H,86,87)(H,88,89)/t73?,74-,75+,76+/m0/s1. The molecule has 0 radical (unpaired) electrons. The van der Waals surface area contributed by atoms with Crippen molar-refractivity contribution >= 4 is 39.5 Å². The van der Waals surface area contributed by atoms with Crippen molar-refractivity contribution < 1.29 is 80.2 Å². The predicted octanol–water partition coefficient (Wildman–Crippen LogP) is 24.0. The summed E-state index contributed by atoms with van der Waals surface area (Å²) in [5, 5.41) is 10.6. The molecule has 17 nitrogen and oxygen atoms in total. The van der Waals surface area contributed by atoms with E-state index < -0.39 is 97.5 Å². The monoisotopic (exact) mass is 1450 g/mol. The molecule has 0 heterocycles. The number of hydrogen-bond donors (Lipinski definition) is 3. The maximum Gasteiger partial charge on any atom is 0.472 e. The summed E-state index contributed by atoms with van der Waals surface area (Å²) in [6.07, 6.45) is 63.9. The van der Waals surface area contributed by atoms with Gasteiger partial charge in [0, 0.05) is 25.7 Å². The molecule has 0 aliphatic rings. The summed E-state index contributed by atoms with van der Waals surface area (Å²) in [5.41, 5.74) is 0. The summed E-state index contributed by atoms with van der Waals surface area (Å²) >= 11 is 0. The third kappa shape index (κ3) is 72.8. The van der Waals surface area contributed by atoms with Crippen LogP contribution in [0, 0.1) is 5.92 Å². The Morgan fingerprint density at radius 1 is 0.283 bits per heavy atom. The molecule has 6 atom stereocenters. The Balaban J connectivity index is 5.18. The van der Waals surface area contributed by atoms with Crippen LogP contribution >= 0.6 is 15.6 Å². The maximum absolute atomic E-state index is 13.1. The fourth-order valence-corrected chi connectivity index (χ4v) is 14.0. The summed E-state index contributed by atoms with van der Waals surface area (Å²) < 4.78 is 68.6. The Kier molecular flexibility index (Phi) is 71.6. The highest BCUT2D eigenvalue weighted by Crippen LogP contribution is 2.45. The molecule has 3 unspecified atom stereocenters. The van der Waals surface area contributed by atoms with Crippen LogP contribution in [0.1, 0.15) is 426 Å². The Bertz CT molecular complexity index is 1890. The number of hydrogen-bond acceptors (Lipinski definition) is 15. The van der Waals surface area contributed by atoms with Crippen LogP contribution in [-0.2, 0) is 65.4 Å². The second-order valence-corrected chi connectivity index (χ2v) is 32.0. The van der Waals surface area contributed by atoms with Crippen LogP contribution in [0.25, 0.3) is 0 Å². The van der Waals surface area contributed by atoms with Crippen LogP contribution in [0.2, 0.25) is 0 Å². The number of carbonyl (C=O) groups excluding carboxylic acids is 4. The van der Waals surface area contributed by atoms with Gasteiger partial charge in [-0.2, -0.15) is 0 Å². The van der Waals surface area contributed by atoms with Gasteiger partial charge in [-0.3, -0.25) is 37.3 Å². The summed E-state index contributed by atoms with van der Waals surface area (Å²) in [5.74, 6) is -1.31. The molecular weight excluding hydrogens is 1290 g/mol. The van der Waals surface area contributed by atoms with Crippen LogP contribution < -0.4 is 0 Å². The lowest BCUT2D eigenvalue weighted by atomic mass is 9.99. The zero-order chi connectivity index (χ0) is 72.7. The molecule has 99 heavy (non-hydrogen) atoms. The number of unbranched alkanes of at least 4 members (excludes halogenated alkanes) is 51. The zero-order valence-electron chi connectivity index (χ0n) is 64.6. The molecule has 0 aromatic heterocycles. The first-order valence-corrected chi connectivity index (χ1v) is 44.7. The molecule has 0 aromatic carbocycles. The van der Waals surface area contributed by atoms with Crippen LogP contribution in [0.3, 0.4) is 0 Å². The van der Waals surface area contributed by atoms with Crippen molar-refractivity contribution in [2.24, 2.45) is 5.92 Å². The molecule has 0 amide bonds. The van der Waals surface area contributed by atoms with Gasteiger partial charge in [0.25, 0.3) is 0 Å². The zero-order valence-corrected chi connectivity index (χ0v) is 66.4. The van der Waals surface area contributed by atoms with E-state index >= 15 is 0 Å². The third-order valence-electron chi connectivity index (χ3n) is 19.1. The third-order valence-corrected chi connectivity index (χ3v) is 21.0. The average Bonchev–Trinajstić information content (AvgIpc) is 1.05. The Morgan fingerprint density at radius 3 is 0.717 bits per heavy atom. The first-order chi connectivity index (χ1) is 48.1. The van der Waals surface area contributed by atoms with Crippen LogP contribution in [0.4, 0.5) is 0 Å². The van der Waals surface area contributed by atoms with E-state index in [0.29, 0.717) is 25.7 Å². The molecule has 0 aliphatic heterocycles. The summed E-state index contributed by atoms with van der Waals surface area (Å²) in [6.45, 7) is 7.32. The minimum absolute atomic E-state index is 0.107. The smallest absolute Gasteiger partial charge is 0.462 e. The maximum atomic E-state index is 13.1. The van der Waals surface area contributed by atoms with Gasteiger partial charge in [0.05, 0.1) is 26.4 Å². The topological polar surface area (TPSA) is 237 Å². The normalized spacial score (nSPS) is 14.1. The van der Waals surface area contributed by atoms with E-state index in [1.807, 2.05) is 0 Å². The second-order valence-electron chi connectivity index (χ2n) is 29.1. The number of phosphoric acid groups is 2. The number of rotatable bonds is 80. The molecule has 0 aromatic rings. The summed E-state index contributed by atoms with van der Waals surface area (Å²) in [6, 6.07) is 0. The van der Waals surface area contributed by atoms with Gasteiger partial charge in [-0.05, 0) is 31.6 Å². The highest BCUT2D eigenvalue weighted by atomic mass is 31.2. The SMILES string of the molecule is CCCCCCCCCCCCCCCCCCCCCCCCC(=O)O[C@H](COC(=O)CCCCCCCCCCCCCCCCC)COP(=O)(O)OC[C@@H](O)COP(=O)(O)OC[C@@H](COC(=O)CCCCCCCCCC)OC(=O)CCCCCCCCCCCCC(C)CC. The van der Waals surface area contributed by atoms with E-state index in [9.17, 15) is 43.2 Å². The molecule has 0 aliphatic carbocycles. The molecule has 0 rings (SSSR count). The van der Waals surface area contributed by atoms with Crippen LogP contribution in [0.5, 0.6) is 0 Å². The van der Waals surface area contributed by atoms with Crippen molar-refractivity contribution in [1.29, 1.82) is 0 Å². The van der Waals surface area contributed by atoms with Gasteiger partial charge in [-0.25, -0.2) is 9.13 Å². The van der Waals surface area contributed by atoms with E-state index in [1.54, 1.807) is 0 Å². The minimum Gasteiger partial charge on any atom is -0.462 e. The lowest BCUT2D eigenvalue weighted by Crippen LogP contribution is -2.30. The predicted molar refractivity (Wildman–Crippen MR) is 405 cm³/mol. The lowest BCUT2D eigenvalue weighted by molar-refractivity contribution is -0.161. The average molecular weight is 1450 g/mol. The van der Waals surface area contributed by atoms with Crippen molar-refractivity contribution in [3.05, 3.63) is 0 Å². The molecule has 0 fully saturated rings. The van der Waals surface area contributed by atoms with E-state index in [1.165, 1.54) is 244 Å². The molecule has 19 heteroatoms. The molecule has 3 N–H and O–H groups in total. The fraction of sp³-hybridized carbons (Fsp3) is 0.950. The number of aliphatic hydroxyl groups is 1. The quantitative estimate of drug-likeness (QED) is 0.0222. The number of aliphatic hydroxyl groups excluding tert-OH is 1. The van der Waals surface area contributed by atoms with Crippen molar-refractivity contribution in [2.45, 2.75) is 445 Å². The highest BCUT2D eigenvalue weighted by Gasteiger charge is 2.30. The molecule has 588 valence electrons. The second kappa shape index (κ2) is 73.0. The fourth-order valence-electron chi connectivity index (χ4n) is 12.4. The van der Waals surface area contributed by atoms with E-state index in [4.69, 9.17) is 37.0 Å². The van der Waals surface area contributed by atoms with E-state index in [-0.39, 0.29) is 25.7 Å². The van der Waals surface area contributed by atoms with Crippen molar-refractivity contribution in [2.75, 3.05) is 39.6 Å². The summed E-state index contributed by atoms with van der Waals surface area (Å²) in [7, 11) is -9.91. The minimum atomic E-state index is -4.96. The van der Waals surface area contributed by atoms with Crippen LogP contribution in [0.15, 0.2) is 0 Å². The van der Waals surface area contributed by atoms with E-state index in [0.717, 1.165) is 102 Å². The molecule has 0 saturated carbocycles. The van der Waals surface area contributed by atoms with Gasteiger partial charge in [-0.1, -0.05) is 375 Å². The van der Waals surface area contributed by atoms with Gasteiger partial charge in [0.15, 0.2) is 12.2 Å². The van der Waals surface area contributed by atoms with Gasteiger partial charge >= 0.3 is 39.5 Å². The Hall–Kier alpha value is -1.94. The molecule has 0 saturated heterocycles. The molecule has 0 bridgehead atoms. The molecular formula is C80H156O17P2. The van der Waals surface area contributed by atoms with E-state index in [2.05, 4.69) is 34.6 Å². The number of esters is 4. The van der Waals surface area contributed by atoms with Gasteiger partial charge in [0.1, 0.15) is 19.3 Å². The Labute approximate surface area is 607 Å². The van der Waals surface area contributed by atoms with Crippen molar-refractivity contribution in [3.8, 4) is 0 Å².